The van der Waals surface area contributed by atoms with E-state index in [1.807, 2.05) is 67.6 Å². The number of aliphatic hydroxyl groups is 1. The van der Waals surface area contributed by atoms with Crippen LogP contribution in [0.25, 0.3) is 0 Å². The van der Waals surface area contributed by atoms with Gasteiger partial charge in [-0.1, -0.05) is 60.7 Å². The number of rotatable bonds is 12. The molecule has 1 amide bonds. The first-order valence-electron chi connectivity index (χ1n) is 14.6. The van der Waals surface area contributed by atoms with Crippen molar-refractivity contribution in [1.82, 2.24) is 5.32 Å². The number of carbonyl (C=O) groups excluding carboxylic acids is 3. The summed E-state index contributed by atoms with van der Waals surface area (Å²) in [5, 5.41) is 13.6. The molecule has 4 rings (SSSR count). The van der Waals surface area contributed by atoms with Crippen LogP contribution in [-0.2, 0) is 60.8 Å². The van der Waals surface area contributed by atoms with Crippen molar-refractivity contribution >= 4 is 17.8 Å². The zero-order chi connectivity index (χ0) is 31.6. The first-order valence-corrected chi connectivity index (χ1v) is 14.6. The van der Waals surface area contributed by atoms with Crippen LogP contribution in [-0.4, -0.2) is 84.8 Å². The molecule has 0 bridgehead atoms. The molecule has 1 unspecified atom stereocenters. The highest BCUT2D eigenvalue weighted by molar-refractivity contribution is 5.73. The molecule has 2 N–H and O–H groups in total. The third-order valence-electron chi connectivity index (χ3n) is 7.24. The maximum atomic E-state index is 12.2. The molecule has 9 atom stereocenters. The summed E-state index contributed by atoms with van der Waals surface area (Å²) in [5.41, 5.74) is 1.90. The highest BCUT2D eigenvalue weighted by atomic mass is 16.7. The Bertz CT molecular complexity index is 1210. The molecular formula is C32H41NO11. The van der Waals surface area contributed by atoms with E-state index < -0.39 is 67.0 Å². The average Bonchev–Trinajstić information content (AvgIpc) is 2.98. The van der Waals surface area contributed by atoms with Crippen molar-refractivity contribution in [3.63, 3.8) is 0 Å². The van der Waals surface area contributed by atoms with Crippen LogP contribution in [0.3, 0.4) is 0 Å². The Hall–Kier alpha value is -3.39. The molecule has 12 nitrogen and oxygen atoms in total. The van der Waals surface area contributed by atoms with Crippen LogP contribution in [0, 0.1) is 0 Å². The second kappa shape index (κ2) is 16.1. The molecule has 0 radical (unpaired) electrons. The molecule has 44 heavy (non-hydrogen) atoms. The molecular weight excluding hydrogens is 574 g/mol. The van der Waals surface area contributed by atoms with Gasteiger partial charge in [-0.05, 0) is 18.1 Å². The van der Waals surface area contributed by atoms with E-state index in [1.165, 1.54) is 20.8 Å². The van der Waals surface area contributed by atoms with E-state index >= 15 is 0 Å². The first-order chi connectivity index (χ1) is 21.1. The standard InChI is InChI=1S/C32H41NO11/c1-19-15-25(39-16-23-11-7-5-8-12-23)29(40-17-24-13-9-6-10-14-24)32(41-19)44-30-27(33-20(2)34)31(37)43-26(18-38-21(3)35)28(30)42-22(4)36/h5-14,19,25-32,37H,15-18H2,1-4H3,(H,33,34)/t19-,25+,26+,27+,28+,29+,30-,31?,32-/m0/s1. The van der Waals surface area contributed by atoms with Gasteiger partial charge in [0.2, 0.25) is 5.91 Å². The topological polar surface area (TPSA) is 148 Å². The number of amides is 1. The zero-order valence-corrected chi connectivity index (χ0v) is 25.3. The Labute approximate surface area is 256 Å². The van der Waals surface area contributed by atoms with Gasteiger partial charge in [0.15, 0.2) is 18.7 Å². The summed E-state index contributed by atoms with van der Waals surface area (Å²) < 4.78 is 41.9. The van der Waals surface area contributed by atoms with Crippen molar-refractivity contribution in [2.24, 2.45) is 0 Å². The molecule has 2 aliphatic rings. The fourth-order valence-electron chi connectivity index (χ4n) is 5.29. The SMILES string of the molecule is CC(=O)N[C@H]1C(O)O[C@H](COC(C)=O)[C@@H](OC(C)=O)[C@H]1O[C@@H]1O[C@@H](C)C[C@@H](OCc2ccccc2)[C@H]1OCc1ccccc1. The molecule has 240 valence electrons. The Morgan fingerprint density at radius 1 is 0.841 bits per heavy atom. The van der Waals surface area contributed by atoms with Gasteiger partial charge in [0.05, 0.1) is 25.4 Å². The lowest BCUT2D eigenvalue weighted by Gasteiger charge is -2.47. The van der Waals surface area contributed by atoms with Crippen LogP contribution < -0.4 is 5.32 Å². The van der Waals surface area contributed by atoms with E-state index in [0.29, 0.717) is 13.0 Å². The number of benzene rings is 2. The number of aliphatic hydroxyl groups excluding tert-OH is 1. The molecule has 2 saturated heterocycles. The molecule has 12 heteroatoms. The Kier molecular flexibility index (Phi) is 12.2. The normalized spacial score (nSPS) is 30.2. The lowest BCUT2D eigenvalue weighted by atomic mass is 9.95. The van der Waals surface area contributed by atoms with E-state index in [1.54, 1.807) is 0 Å². The minimum atomic E-state index is -1.59. The number of esters is 2. The van der Waals surface area contributed by atoms with Crippen LogP contribution in [0.5, 0.6) is 0 Å². The Balaban J connectivity index is 1.65. The summed E-state index contributed by atoms with van der Waals surface area (Å²) in [6.45, 7) is 5.78. The Morgan fingerprint density at radius 3 is 2.02 bits per heavy atom. The van der Waals surface area contributed by atoms with E-state index in [4.69, 9.17) is 33.2 Å². The maximum Gasteiger partial charge on any atom is 0.303 e. The highest BCUT2D eigenvalue weighted by Crippen LogP contribution is 2.33. The van der Waals surface area contributed by atoms with Crippen molar-refractivity contribution in [1.29, 1.82) is 0 Å². The highest BCUT2D eigenvalue weighted by Gasteiger charge is 2.52. The predicted octanol–water partition coefficient (Wildman–Crippen LogP) is 2.39. The largest absolute Gasteiger partial charge is 0.463 e. The summed E-state index contributed by atoms with van der Waals surface area (Å²) in [4.78, 5) is 36.0. The van der Waals surface area contributed by atoms with Gasteiger partial charge in [-0.15, -0.1) is 0 Å². The van der Waals surface area contributed by atoms with Gasteiger partial charge < -0.3 is 43.6 Å². The quantitative estimate of drug-likeness (QED) is 0.339. The van der Waals surface area contributed by atoms with Gasteiger partial charge in [-0.2, -0.15) is 0 Å². The number of hydrogen-bond acceptors (Lipinski definition) is 11. The van der Waals surface area contributed by atoms with Crippen LogP contribution in [0.2, 0.25) is 0 Å². The van der Waals surface area contributed by atoms with Crippen LogP contribution in [0.1, 0.15) is 45.2 Å². The fourth-order valence-corrected chi connectivity index (χ4v) is 5.29. The third-order valence-corrected chi connectivity index (χ3v) is 7.24. The summed E-state index contributed by atoms with van der Waals surface area (Å²) in [7, 11) is 0. The summed E-state index contributed by atoms with van der Waals surface area (Å²) in [6.07, 6.45) is -7.24. The van der Waals surface area contributed by atoms with Crippen LogP contribution >= 0.6 is 0 Å². The second-order valence-corrected chi connectivity index (χ2v) is 10.9. The summed E-state index contributed by atoms with van der Waals surface area (Å²) >= 11 is 0. The molecule has 0 saturated carbocycles. The molecule has 2 fully saturated rings. The minimum Gasteiger partial charge on any atom is -0.463 e. The van der Waals surface area contributed by atoms with E-state index in [-0.39, 0.29) is 19.3 Å². The van der Waals surface area contributed by atoms with Crippen molar-refractivity contribution in [2.75, 3.05) is 6.61 Å². The lowest BCUT2D eigenvalue weighted by molar-refractivity contribution is -0.334. The van der Waals surface area contributed by atoms with Crippen molar-refractivity contribution in [3.05, 3.63) is 71.8 Å². The van der Waals surface area contributed by atoms with Gasteiger partial charge in [0.25, 0.3) is 0 Å². The third kappa shape index (κ3) is 9.55. The van der Waals surface area contributed by atoms with E-state index in [2.05, 4.69) is 5.32 Å². The number of ether oxygens (including phenoxy) is 7. The number of carbonyl (C=O) groups is 3. The zero-order valence-electron chi connectivity index (χ0n) is 25.3. The second-order valence-electron chi connectivity index (χ2n) is 10.9. The smallest absolute Gasteiger partial charge is 0.303 e. The van der Waals surface area contributed by atoms with Crippen molar-refractivity contribution in [3.8, 4) is 0 Å². The van der Waals surface area contributed by atoms with Crippen molar-refractivity contribution in [2.45, 2.75) is 103 Å². The summed E-state index contributed by atoms with van der Waals surface area (Å²) in [5.74, 6) is -1.75. The molecule has 0 spiro atoms. The molecule has 2 aliphatic heterocycles. The van der Waals surface area contributed by atoms with Gasteiger partial charge in [0, 0.05) is 27.2 Å². The maximum absolute atomic E-state index is 12.2. The monoisotopic (exact) mass is 615 g/mol. The molecule has 0 aliphatic carbocycles. The Morgan fingerprint density at radius 2 is 1.45 bits per heavy atom. The number of hydrogen-bond donors (Lipinski definition) is 2. The predicted molar refractivity (Wildman–Crippen MR) is 155 cm³/mol. The van der Waals surface area contributed by atoms with Gasteiger partial charge in [-0.25, -0.2) is 0 Å². The molecule has 0 aromatic heterocycles. The van der Waals surface area contributed by atoms with Gasteiger partial charge in [0.1, 0.15) is 31.0 Å². The number of nitrogens with one attached hydrogen (secondary N) is 1. The van der Waals surface area contributed by atoms with Gasteiger partial charge in [-0.3, -0.25) is 14.4 Å². The van der Waals surface area contributed by atoms with Crippen molar-refractivity contribution < 1.29 is 52.6 Å². The fraction of sp³-hybridized carbons (Fsp3) is 0.531. The van der Waals surface area contributed by atoms with Crippen LogP contribution in [0.15, 0.2) is 60.7 Å². The first kappa shape index (κ1) is 33.5. The molecule has 2 aromatic rings. The van der Waals surface area contributed by atoms with Gasteiger partial charge >= 0.3 is 11.9 Å². The molecule has 2 aromatic carbocycles. The molecule has 2 heterocycles. The average molecular weight is 616 g/mol. The van der Waals surface area contributed by atoms with E-state index in [0.717, 1.165) is 11.1 Å². The summed E-state index contributed by atoms with van der Waals surface area (Å²) in [6, 6.07) is 18.1. The van der Waals surface area contributed by atoms with Crippen LogP contribution in [0.4, 0.5) is 0 Å². The minimum absolute atomic E-state index is 0.224. The van der Waals surface area contributed by atoms with E-state index in [9.17, 15) is 19.5 Å². The lowest BCUT2D eigenvalue weighted by Crippen LogP contribution is -2.67.